The quantitative estimate of drug-likeness (QED) is 0.604. The molecule has 0 aromatic heterocycles. The summed E-state index contributed by atoms with van der Waals surface area (Å²) in [6, 6.07) is -0.522. The molecule has 3 N–H and O–H groups in total. The molecule has 1 atom stereocenters. The van der Waals surface area contributed by atoms with Crippen molar-refractivity contribution in [1.29, 1.82) is 0 Å². The van der Waals surface area contributed by atoms with Gasteiger partial charge in [0.25, 0.3) is 0 Å². The maximum absolute atomic E-state index is 11.9. The summed E-state index contributed by atoms with van der Waals surface area (Å²) in [4.78, 5) is 13.4. The average Bonchev–Trinajstić information content (AvgIpc) is 2.27. The zero-order valence-electron chi connectivity index (χ0n) is 10.7. The van der Waals surface area contributed by atoms with Crippen molar-refractivity contribution in [1.82, 2.24) is 4.90 Å². The molecule has 0 bridgehead atoms. The van der Waals surface area contributed by atoms with Crippen LogP contribution < -0.4 is 5.73 Å². The molecule has 0 aromatic carbocycles. The summed E-state index contributed by atoms with van der Waals surface area (Å²) in [7, 11) is 3.28. The molecule has 96 valence electrons. The molecule has 0 radical (unpaired) electrons. The fourth-order valence-corrected chi connectivity index (χ4v) is 1.22. The fraction of sp³-hybridized carbons (Fsp3) is 0.909. The molecule has 16 heavy (non-hydrogen) atoms. The second-order valence-electron chi connectivity index (χ2n) is 4.61. The van der Waals surface area contributed by atoms with Crippen molar-refractivity contribution in [2.45, 2.75) is 38.3 Å². The van der Waals surface area contributed by atoms with Gasteiger partial charge in [-0.25, -0.2) is 0 Å². The average molecular weight is 232 g/mol. The molecule has 0 fully saturated rings. The minimum Gasteiger partial charge on any atom is -0.394 e. The first-order valence-corrected chi connectivity index (χ1v) is 5.50. The van der Waals surface area contributed by atoms with Crippen molar-refractivity contribution >= 4 is 5.91 Å². The molecule has 0 saturated heterocycles. The number of amides is 1. The maximum atomic E-state index is 11.9. The van der Waals surface area contributed by atoms with Gasteiger partial charge >= 0.3 is 0 Å². The fourth-order valence-electron chi connectivity index (χ4n) is 1.22. The number of ether oxygens (including phenoxy) is 1. The van der Waals surface area contributed by atoms with Crippen LogP contribution >= 0.6 is 0 Å². The maximum Gasteiger partial charge on any atom is 0.239 e. The Morgan fingerprint density at radius 2 is 2.12 bits per heavy atom. The number of methoxy groups -OCH3 is 1. The third kappa shape index (κ3) is 4.47. The number of carbonyl (C=O) groups is 1. The van der Waals surface area contributed by atoms with Gasteiger partial charge in [-0.1, -0.05) is 0 Å². The molecule has 1 amide bonds. The molecular weight excluding hydrogens is 208 g/mol. The Morgan fingerprint density at radius 1 is 1.56 bits per heavy atom. The monoisotopic (exact) mass is 232 g/mol. The number of aliphatic hydroxyl groups excluding tert-OH is 1. The highest BCUT2D eigenvalue weighted by atomic mass is 16.5. The van der Waals surface area contributed by atoms with Crippen LogP contribution in [0.1, 0.15) is 26.7 Å². The van der Waals surface area contributed by atoms with E-state index in [-0.39, 0.29) is 12.5 Å². The summed E-state index contributed by atoms with van der Waals surface area (Å²) in [5, 5.41) is 9.15. The lowest BCUT2D eigenvalue weighted by atomic mass is 10.0. The van der Waals surface area contributed by atoms with E-state index >= 15 is 0 Å². The van der Waals surface area contributed by atoms with Crippen molar-refractivity contribution in [3.63, 3.8) is 0 Å². The van der Waals surface area contributed by atoms with Gasteiger partial charge in [-0.3, -0.25) is 4.79 Å². The normalized spacial score (nSPS) is 13.6. The summed E-state index contributed by atoms with van der Waals surface area (Å²) in [6.45, 7) is 4.12. The lowest BCUT2D eigenvalue weighted by Crippen LogP contribution is -2.53. The van der Waals surface area contributed by atoms with Crippen molar-refractivity contribution in [3.05, 3.63) is 0 Å². The van der Waals surface area contributed by atoms with E-state index in [0.29, 0.717) is 13.0 Å². The van der Waals surface area contributed by atoms with E-state index in [0.717, 1.165) is 6.42 Å². The lowest BCUT2D eigenvalue weighted by Gasteiger charge is -2.35. The predicted molar refractivity (Wildman–Crippen MR) is 63.0 cm³/mol. The van der Waals surface area contributed by atoms with Crippen molar-refractivity contribution in [3.8, 4) is 0 Å². The zero-order valence-corrected chi connectivity index (χ0v) is 10.7. The molecule has 0 saturated carbocycles. The van der Waals surface area contributed by atoms with Gasteiger partial charge in [0.1, 0.15) is 0 Å². The van der Waals surface area contributed by atoms with Crippen LogP contribution in [0.15, 0.2) is 0 Å². The van der Waals surface area contributed by atoms with Gasteiger partial charge < -0.3 is 20.5 Å². The van der Waals surface area contributed by atoms with Gasteiger partial charge in [-0.15, -0.1) is 0 Å². The summed E-state index contributed by atoms with van der Waals surface area (Å²) in [6.07, 6.45) is 1.36. The Kier molecular flexibility index (Phi) is 6.55. The van der Waals surface area contributed by atoms with Crippen LogP contribution in [0.25, 0.3) is 0 Å². The molecular formula is C11H24N2O3. The summed E-state index contributed by atoms with van der Waals surface area (Å²) in [5.41, 5.74) is 5.21. The summed E-state index contributed by atoms with van der Waals surface area (Å²) >= 11 is 0. The minimum atomic E-state index is -0.573. The smallest absolute Gasteiger partial charge is 0.239 e. The van der Waals surface area contributed by atoms with Crippen LogP contribution in [-0.4, -0.2) is 54.9 Å². The molecule has 0 aromatic rings. The standard InChI is InChI=1S/C11H24N2O3/c1-11(2,8-14)13(3)10(15)9(12)6-5-7-16-4/h9,14H,5-8,12H2,1-4H3. The highest BCUT2D eigenvalue weighted by molar-refractivity contribution is 5.82. The molecule has 5 nitrogen and oxygen atoms in total. The van der Waals surface area contributed by atoms with E-state index in [1.54, 1.807) is 28.0 Å². The third-order valence-corrected chi connectivity index (χ3v) is 2.81. The van der Waals surface area contributed by atoms with E-state index in [1.807, 2.05) is 0 Å². The van der Waals surface area contributed by atoms with E-state index in [9.17, 15) is 4.79 Å². The predicted octanol–water partition coefficient (Wildman–Crippen LogP) is -0.0304. The molecule has 0 spiro atoms. The van der Waals surface area contributed by atoms with Crippen LogP contribution in [0.5, 0.6) is 0 Å². The molecule has 0 aliphatic rings. The van der Waals surface area contributed by atoms with Gasteiger partial charge in [0.05, 0.1) is 18.2 Å². The first-order valence-electron chi connectivity index (χ1n) is 5.50. The van der Waals surface area contributed by atoms with E-state index < -0.39 is 11.6 Å². The first-order chi connectivity index (χ1) is 7.36. The zero-order chi connectivity index (χ0) is 12.8. The number of hydrogen-bond donors (Lipinski definition) is 2. The second-order valence-corrected chi connectivity index (χ2v) is 4.61. The van der Waals surface area contributed by atoms with Gasteiger partial charge in [0.15, 0.2) is 0 Å². The Bertz CT molecular complexity index is 219. The van der Waals surface area contributed by atoms with Gasteiger partial charge in [0.2, 0.25) is 5.91 Å². The van der Waals surface area contributed by atoms with E-state index in [4.69, 9.17) is 15.6 Å². The van der Waals surface area contributed by atoms with Crippen molar-refractivity contribution in [2.75, 3.05) is 27.4 Å². The van der Waals surface area contributed by atoms with Crippen molar-refractivity contribution < 1.29 is 14.6 Å². The Hall–Kier alpha value is -0.650. The number of carbonyl (C=O) groups excluding carboxylic acids is 1. The first kappa shape index (κ1) is 15.3. The van der Waals surface area contributed by atoms with E-state index in [1.165, 1.54) is 4.90 Å². The van der Waals surface area contributed by atoms with Gasteiger partial charge in [-0.2, -0.15) is 0 Å². The number of nitrogens with zero attached hydrogens (tertiary/aromatic N) is 1. The SMILES string of the molecule is COCCCC(N)C(=O)N(C)C(C)(C)CO. The highest BCUT2D eigenvalue weighted by Gasteiger charge is 2.29. The van der Waals surface area contributed by atoms with Crippen LogP contribution in [0.4, 0.5) is 0 Å². The molecule has 1 unspecified atom stereocenters. The van der Waals surface area contributed by atoms with Gasteiger partial charge in [0, 0.05) is 20.8 Å². The highest BCUT2D eigenvalue weighted by Crippen LogP contribution is 2.13. The number of rotatable bonds is 7. The number of aliphatic hydroxyl groups is 1. The molecule has 0 heterocycles. The molecule has 5 heteroatoms. The number of nitrogens with two attached hydrogens (primary N) is 1. The number of likely N-dealkylation sites (N-methyl/N-ethyl adjacent to an activating group) is 1. The van der Waals surface area contributed by atoms with E-state index in [2.05, 4.69) is 0 Å². The van der Waals surface area contributed by atoms with Crippen molar-refractivity contribution in [2.24, 2.45) is 5.73 Å². The largest absolute Gasteiger partial charge is 0.394 e. The lowest BCUT2D eigenvalue weighted by molar-refractivity contribution is -0.137. The molecule has 0 aliphatic carbocycles. The van der Waals surface area contributed by atoms with Gasteiger partial charge in [-0.05, 0) is 26.7 Å². The second kappa shape index (κ2) is 6.83. The molecule has 0 rings (SSSR count). The summed E-state index contributed by atoms with van der Waals surface area (Å²) in [5.74, 6) is -0.143. The molecule has 0 aliphatic heterocycles. The third-order valence-electron chi connectivity index (χ3n) is 2.81. The van der Waals surface area contributed by atoms with Crippen LogP contribution in [0.2, 0.25) is 0 Å². The van der Waals surface area contributed by atoms with Crippen LogP contribution in [0.3, 0.4) is 0 Å². The van der Waals surface area contributed by atoms with Crippen LogP contribution in [0, 0.1) is 0 Å². The minimum absolute atomic E-state index is 0.0833. The summed E-state index contributed by atoms with van der Waals surface area (Å²) < 4.78 is 4.90. The Morgan fingerprint density at radius 3 is 2.56 bits per heavy atom. The topological polar surface area (TPSA) is 75.8 Å². The Labute approximate surface area is 97.6 Å². The Balaban J connectivity index is 4.21. The number of hydrogen-bond acceptors (Lipinski definition) is 4. The van der Waals surface area contributed by atoms with Crippen LogP contribution in [-0.2, 0) is 9.53 Å².